The van der Waals surface area contributed by atoms with E-state index in [9.17, 15) is 24.9 Å². The van der Waals surface area contributed by atoms with E-state index < -0.39 is 36.2 Å². The van der Waals surface area contributed by atoms with Gasteiger partial charge in [0.25, 0.3) is 5.91 Å². The summed E-state index contributed by atoms with van der Waals surface area (Å²) in [6.45, 7) is 0.145. The molecule has 1 aromatic rings. The lowest BCUT2D eigenvalue weighted by Crippen LogP contribution is -2.60. The molecule has 2 fully saturated rings. The van der Waals surface area contributed by atoms with E-state index in [1.165, 1.54) is 7.11 Å². The first kappa shape index (κ1) is 26.9. The van der Waals surface area contributed by atoms with Crippen molar-refractivity contribution in [1.82, 2.24) is 10.2 Å². The molecule has 10 heteroatoms. The lowest BCUT2D eigenvalue weighted by Gasteiger charge is -2.45. The zero-order valence-corrected chi connectivity index (χ0v) is 21.8. The van der Waals surface area contributed by atoms with Gasteiger partial charge in [0.1, 0.15) is 18.3 Å². The Balaban J connectivity index is 1.59. The third-order valence-corrected chi connectivity index (χ3v) is 8.24. The van der Waals surface area contributed by atoms with Crippen LogP contribution < -0.4 is 14.8 Å². The largest absolute Gasteiger partial charge is 0.493 e. The van der Waals surface area contributed by atoms with Gasteiger partial charge < -0.3 is 39.7 Å². The van der Waals surface area contributed by atoms with Gasteiger partial charge in [0.05, 0.1) is 32.3 Å². The van der Waals surface area contributed by atoms with Crippen LogP contribution in [0, 0.1) is 0 Å². The molecule has 0 bridgehead atoms. The number of hydrogen-bond donors (Lipinski definition) is 4. The van der Waals surface area contributed by atoms with Crippen molar-refractivity contribution in [2.75, 3.05) is 26.9 Å². The average molecular weight is 531 g/mol. The normalized spacial score (nSPS) is 28.6. The summed E-state index contributed by atoms with van der Waals surface area (Å²) in [5, 5.41) is 33.7. The minimum Gasteiger partial charge on any atom is -0.493 e. The number of nitrogens with zero attached hydrogens (tertiary/aromatic N) is 1. The van der Waals surface area contributed by atoms with Crippen molar-refractivity contribution in [1.29, 1.82) is 0 Å². The van der Waals surface area contributed by atoms with E-state index >= 15 is 0 Å². The number of carbonyl (C=O) groups is 2. The quantitative estimate of drug-likeness (QED) is 0.393. The summed E-state index contributed by atoms with van der Waals surface area (Å²) >= 11 is 0. The number of benzene rings is 1. The summed E-state index contributed by atoms with van der Waals surface area (Å²) in [6, 6.07) is 2.57. The number of methoxy groups -OCH3 is 1. The molecule has 4 aliphatic rings. The van der Waals surface area contributed by atoms with E-state index in [0.29, 0.717) is 41.2 Å². The van der Waals surface area contributed by atoms with Gasteiger partial charge in [0.2, 0.25) is 5.91 Å². The minimum absolute atomic E-state index is 0.0652. The van der Waals surface area contributed by atoms with Gasteiger partial charge in [-0.25, -0.2) is 0 Å². The van der Waals surface area contributed by atoms with E-state index in [-0.39, 0.29) is 31.7 Å². The summed E-state index contributed by atoms with van der Waals surface area (Å²) in [4.78, 5) is 29.1. The number of rotatable bonds is 8. The Morgan fingerprint density at radius 3 is 2.58 bits per heavy atom. The first-order valence-electron chi connectivity index (χ1n) is 13.7. The molecule has 38 heavy (non-hydrogen) atoms. The van der Waals surface area contributed by atoms with Gasteiger partial charge in [-0.05, 0) is 49.5 Å². The topological polar surface area (TPSA) is 138 Å². The zero-order valence-electron chi connectivity index (χ0n) is 21.8. The maximum absolute atomic E-state index is 13.9. The summed E-state index contributed by atoms with van der Waals surface area (Å²) in [6.07, 6.45) is 5.36. The van der Waals surface area contributed by atoms with Crippen LogP contribution in [-0.2, 0) is 20.9 Å². The monoisotopic (exact) mass is 530 g/mol. The molecule has 2 aliphatic carbocycles. The molecule has 0 spiro atoms. The Kier molecular flexibility index (Phi) is 8.23. The summed E-state index contributed by atoms with van der Waals surface area (Å²) < 4.78 is 17.6. The van der Waals surface area contributed by atoms with Gasteiger partial charge in [0, 0.05) is 30.3 Å². The lowest BCUT2D eigenvalue weighted by molar-refractivity contribution is -0.151. The number of hydrogen-bond acceptors (Lipinski definition) is 8. The van der Waals surface area contributed by atoms with Crippen LogP contribution in [0.25, 0.3) is 0 Å². The molecule has 5 rings (SSSR count). The molecule has 4 N–H and O–H groups in total. The molecule has 5 unspecified atom stereocenters. The van der Waals surface area contributed by atoms with Crippen LogP contribution in [-0.4, -0.2) is 89.3 Å². The van der Waals surface area contributed by atoms with E-state index in [2.05, 4.69) is 5.32 Å². The predicted molar refractivity (Wildman–Crippen MR) is 137 cm³/mol. The molecule has 1 aromatic carbocycles. The van der Waals surface area contributed by atoms with Crippen LogP contribution in [0.3, 0.4) is 0 Å². The molecule has 2 heterocycles. The van der Waals surface area contributed by atoms with Crippen molar-refractivity contribution in [2.24, 2.45) is 0 Å². The first-order chi connectivity index (χ1) is 18.5. The maximum atomic E-state index is 13.9. The highest BCUT2D eigenvalue weighted by Crippen LogP contribution is 2.51. The second kappa shape index (κ2) is 11.6. The second-order valence-electron chi connectivity index (χ2n) is 10.6. The van der Waals surface area contributed by atoms with Crippen molar-refractivity contribution in [3.8, 4) is 11.5 Å². The molecule has 2 aliphatic heterocycles. The predicted octanol–water partition coefficient (Wildman–Crippen LogP) is 1.15. The number of carbonyl (C=O) groups excluding carboxylic acids is 2. The number of ether oxygens (including phenoxy) is 3. The maximum Gasteiger partial charge on any atom is 0.252 e. The van der Waals surface area contributed by atoms with Crippen LogP contribution >= 0.6 is 0 Å². The highest BCUT2D eigenvalue weighted by molar-refractivity contribution is 5.96. The van der Waals surface area contributed by atoms with E-state index in [4.69, 9.17) is 14.2 Å². The van der Waals surface area contributed by atoms with Crippen LogP contribution in [0.1, 0.15) is 62.0 Å². The van der Waals surface area contributed by atoms with Gasteiger partial charge in [-0.1, -0.05) is 19.3 Å². The second-order valence-corrected chi connectivity index (χ2v) is 10.6. The fraction of sp³-hybridized carbons (Fsp3) is 0.643. The highest BCUT2D eigenvalue weighted by atomic mass is 16.5. The number of aliphatic hydroxyl groups is 3. The molecule has 1 saturated carbocycles. The Labute approximate surface area is 222 Å². The molecule has 208 valence electrons. The van der Waals surface area contributed by atoms with Crippen molar-refractivity contribution in [3.05, 3.63) is 34.9 Å². The van der Waals surface area contributed by atoms with E-state index in [1.54, 1.807) is 23.1 Å². The summed E-state index contributed by atoms with van der Waals surface area (Å²) in [5.41, 5.74) is 1.58. The molecule has 5 atom stereocenters. The highest BCUT2D eigenvalue weighted by Gasteiger charge is 2.53. The summed E-state index contributed by atoms with van der Waals surface area (Å²) in [7, 11) is 1.50. The fourth-order valence-electron chi connectivity index (χ4n) is 6.46. The van der Waals surface area contributed by atoms with E-state index in [0.717, 1.165) is 38.5 Å². The van der Waals surface area contributed by atoms with Crippen LogP contribution in [0.15, 0.2) is 23.8 Å². The molecule has 0 aromatic heterocycles. The Morgan fingerprint density at radius 2 is 1.92 bits per heavy atom. The van der Waals surface area contributed by atoms with Gasteiger partial charge in [-0.3, -0.25) is 9.59 Å². The molecule has 0 radical (unpaired) electrons. The number of amides is 2. The third kappa shape index (κ3) is 4.90. The van der Waals surface area contributed by atoms with Crippen molar-refractivity contribution < 1.29 is 39.1 Å². The van der Waals surface area contributed by atoms with Gasteiger partial charge in [-0.15, -0.1) is 0 Å². The van der Waals surface area contributed by atoms with Crippen LogP contribution in [0.2, 0.25) is 0 Å². The first-order valence-corrected chi connectivity index (χ1v) is 13.7. The minimum atomic E-state index is -1.11. The SMILES string of the molecule is COc1cc(CO)cc2c1OC1C2C(C(=O)NCCO)=CC(N(C(=O)C2CCCO2)C2CCCCC2)C1O. The Morgan fingerprint density at radius 1 is 1.13 bits per heavy atom. The van der Waals surface area contributed by atoms with E-state index in [1.807, 2.05) is 0 Å². The number of fused-ring (bicyclic) bond motifs is 3. The smallest absolute Gasteiger partial charge is 0.252 e. The van der Waals surface area contributed by atoms with Gasteiger partial charge in [0.15, 0.2) is 11.5 Å². The third-order valence-electron chi connectivity index (χ3n) is 8.24. The fourth-order valence-corrected chi connectivity index (χ4v) is 6.46. The number of aliphatic hydroxyl groups excluding tert-OH is 3. The van der Waals surface area contributed by atoms with Crippen LogP contribution in [0.5, 0.6) is 11.5 Å². The Hall–Kier alpha value is -2.66. The Bertz CT molecular complexity index is 1060. The molecule has 1 saturated heterocycles. The zero-order chi connectivity index (χ0) is 26.8. The van der Waals surface area contributed by atoms with Crippen molar-refractivity contribution in [2.45, 2.75) is 87.9 Å². The van der Waals surface area contributed by atoms with Crippen LogP contribution in [0.4, 0.5) is 0 Å². The average Bonchev–Trinajstić information content (AvgIpc) is 3.62. The standard InChI is InChI=1S/C28H38N2O8/c1-36-22-13-16(15-32)12-18-23-19(27(34)29-9-10-31)14-20(24(33)26(23)38-25(18)22)30(17-6-3-2-4-7-17)28(35)21-8-5-11-37-21/h12-14,17,20-21,23-24,26,31-33H,2-11,15H2,1H3,(H,29,34). The molecule has 10 nitrogen and oxygen atoms in total. The van der Waals surface area contributed by atoms with Gasteiger partial charge >= 0.3 is 0 Å². The summed E-state index contributed by atoms with van der Waals surface area (Å²) in [5.74, 6) is -0.376. The number of nitrogens with one attached hydrogen (secondary N) is 1. The van der Waals surface area contributed by atoms with Gasteiger partial charge in [-0.2, -0.15) is 0 Å². The molecular weight excluding hydrogens is 492 g/mol. The molecular formula is C28H38N2O8. The lowest BCUT2D eigenvalue weighted by atomic mass is 9.76. The molecule has 2 amide bonds. The van der Waals surface area contributed by atoms with Crippen molar-refractivity contribution >= 4 is 11.8 Å². The van der Waals surface area contributed by atoms with Crippen molar-refractivity contribution in [3.63, 3.8) is 0 Å².